The van der Waals surface area contributed by atoms with Crippen molar-refractivity contribution in [2.24, 2.45) is 69.0 Å². The summed E-state index contributed by atoms with van der Waals surface area (Å²) in [6.07, 6.45) is 10.4. The highest BCUT2D eigenvalue weighted by Crippen LogP contribution is 2.73. The lowest BCUT2D eigenvalue weighted by molar-refractivity contribution is -0.217. The normalized spacial score (nSPS) is 43.0. The van der Waals surface area contributed by atoms with Crippen LogP contribution in [0.5, 0.6) is 0 Å². The molecule has 0 heterocycles. The summed E-state index contributed by atoms with van der Waals surface area (Å²) >= 11 is 0. The van der Waals surface area contributed by atoms with Crippen LogP contribution in [-0.2, 0) is 30.5 Å². The third-order valence-electron chi connectivity index (χ3n) is 15.7. The van der Waals surface area contributed by atoms with Gasteiger partial charge in [-0.05, 0) is 121 Å². The molecule has 0 bridgehead atoms. The van der Waals surface area contributed by atoms with Crippen molar-refractivity contribution in [3.63, 3.8) is 0 Å². The van der Waals surface area contributed by atoms with Crippen molar-refractivity contribution in [2.45, 2.75) is 132 Å². The average Bonchev–Trinajstić information content (AvgIpc) is 3.31. The van der Waals surface area contributed by atoms with E-state index in [0.29, 0.717) is 41.8 Å². The largest absolute Gasteiger partial charge is 0.462 e. The number of benzene rings is 1. The molecule has 0 saturated heterocycles. The van der Waals surface area contributed by atoms with Crippen LogP contribution in [0.4, 0.5) is 0 Å². The van der Waals surface area contributed by atoms with Crippen molar-refractivity contribution in [3.05, 3.63) is 47.0 Å². The number of Topliss-reactive ketones (excluding diaryl/α,β-unsaturated/α-hetero) is 1. The van der Waals surface area contributed by atoms with Gasteiger partial charge in [0.2, 0.25) is 0 Å². The quantitative estimate of drug-likeness (QED) is 0.285. The summed E-state index contributed by atoms with van der Waals surface area (Å²) in [6.45, 7) is 19.1. The van der Waals surface area contributed by atoms with Crippen LogP contribution in [-0.4, -0.2) is 23.8 Å². The predicted molar refractivity (Wildman–Crippen MR) is 187 cm³/mol. The highest BCUT2D eigenvalue weighted by Gasteiger charge is 2.66. The van der Waals surface area contributed by atoms with E-state index in [4.69, 9.17) is 9.47 Å². The molecule has 5 heteroatoms. The Labute approximate surface area is 289 Å². The van der Waals surface area contributed by atoms with Crippen LogP contribution in [0.3, 0.4) is 0 Å². The van der Waals surface area contributed by atoms with Crippen molar-refractivity contribution in [3.8, 4) is 0 Å². The van der Waals surface area contributed by atoms with E-state index in [0.717, 1.165) is 31.2 Å². The summed E-state index contributed by atoms with van der Waals surface area (Å²) in [6, 6.07) is 9.74. The first kappa shape index (κ1) is 34.0. The standard InChI is InChI=1S/C43H60O5/c1-25(2)36-32(44)23-41(6)19-16-31-28(37(36)41)14-15-34-42(31,7)20-17-33-40(4,5)35(18-21-43(33,34)8)48-39(46)30-22-29(26(30)3)38(45)47-24-27-12-10-9-11-13-27/h9-13,25-26,28-31,33-35H,14-24H2,1-8H3. The molecule has 0 N–H and O–H groups in total. The Balaban J connectivity index is 1.02. The summed E-state index contributed by atoms with van der Waals surface area (Å²) < 4.78 is 12.1. The van der Waals surface area contributed by atoms with Crippen molar-refractivity contribution in [1.82, 2.24) is 0 Å². The summed E-state index contributed by atoms with van der Waals surface area (Å²) in [4.78, 5) is 39.8. The summed E-state index contributed by atoms with van der Waals surface area (Å²) in [7, 11) is 0. The smallest absolute Gasteiger partial charge is 0.309 e. The lowest BCUT2D eigenvalue weighted by atomic mass is 9.36. The lowest BCUT2D eigenvalue weighted by Gasteiger charge is -2.68. The third-order valence-corrected chi connectivity index (χ3v) is 15.7. The second-order valence-electron chi connectivity index (χ2n) is 18.8. The number of esters is 2. The van der Waals surface area contributed by atoms with Crippen molar-refractivity contribution in [2.75, 3.05) is 0 Å². The number of ketones is 1. The molecule has 0 spiro atoms. The Bertz CT molecular complexity index is 1490. The summed E-state index contributed by atoms with van der Waals surface area (Å²) in [5.74, 6) is 2.23. The number of hydrogen-bond acceptors (Lipinski definition) is 5. The Morgan fingerprint density at radius 3 is 2.21 bits per heavy atom. The molecule has 0 radical (unpaired) electrons. The summed E-state index contributed by atoms with van der Waals surface area (Å²) in [5, 5.41) is 0. The van der Waals surface area contributed by atoms with Gasteiger partial charge in [0.05, 0.1) is 11.8 Å². The topological polar surface area (TPSA) is 69.7 Å². The van der Waals surface area contributed by atoms with Gasteiger partial charge < -0.3 is 9.47 Å². The van der Waals surface area contributed by atoms with Crippen LogP contribution in [0.25, 0.3) is 0 Å². The van der Waals surface area contributed by atoms with E-state index >= 15 is 0 Å². The molecule has 48 heavy (non-hydrogen) atoms. The molecule has 5 fully saturated rings. The Morgan fingerprint density at radius 2 is 1.52 bits per heavy atom. The first-order chi connectivity index (χ1) is 22.6. The molecular weight excluding hydrogens is 596 g/mol. The van der Waals surface area contributed by atoms with Gasteiger partial charge in [0.1, 0.15) is 12.7 Å². The zero-order valence-electron chi connectivity index (χ0n) is 30.9. The second-order valence-corrected chi connectivity index (χ2v) is 18.8. The molecule has 5 saturated carbocycles. The average molecular weight is 657 g/mol. The first-order valence-corrected chi connectivity index (χ1v) is 19.3. The van der Waals surface area contributed by atoms with Crippen molar-refractivity contribution in [1.29, 1.82) is 0 Å². The van der Waals surface area contributed by atoms with Gasteiger partial charge in [-0.1, -0.05) is 91.3 Å². The molecular formula is C43H60O5. The zero-order valence-corrected chi connectivity index (χ0v) is 30.9. The molecule has 6 aliphatic carbocycles. The molecule has 0 amide bonds. The minimum Gasteiger partial charge on any atom is -0.462 e. The third kappa shape index (κ3) is 5.09. The fourth-order valence-corrected chi connectivity index (χ4v) is 13.2. The minimum atomic E-state index is -0.243. The van der Waals surface area contributed by atoms with E-state index in [1.54, 1.807) is 5.57 Å². The van der Waals surface area contributed by atoms with Gasteiger partial charge in [0, 0.05) is 11.8 Å². The van der Waals surface area contributed by atoms with Gasteiger partial charge in [-0.3, -0.25) is 14.4 Å². The van der Waals surface area contributed by atoms with Gasteiger partial charge >= 0.3 is 11.9 Å². The molecule has 11 unspecified atom stereocenters. The van der Waals surface area contributed by atoms with Gasteiger partial charge in [0.25, 0.3) is 0 Å². The Hall–Kier alpha value is -2.43. The van der Waals surface area contributed by atoms with Crippen LogP contribution in [0.1, 0.15) is 125 Å². The molecule has 7 rings (SSSR count). The van der Waals surface area contributed by atoms with E-state index in [9.17, 15) is 14.4 Å². The molecule has 0 aliphatic heterocycles. The van der Waals surface area contributed by atoms with Crippen LogP contribution in [0.2, 0.25) is 0 Å². The van der Waals surface area contributed by atoms with E-state index in [2.05, 4.69) is 48.5 Å². The van der Waals surface area contributed by atoms with E-state index in [-0.39, 0.29) is 64.1 Å². The highest BCUT2D eigenvalue weighted by molar-refractivity contribution is 6.00. The maximum atomic E-state index is 13.6. The fraction of sp³-hybridized carbons (Fsp3) is 0.744. The summed E-state index contributed by atoms with van der Waals surface area (Å²) in [5.41, 5.74) is 4.18. The first-order valence-electron chi connectivity index (χ1n) is 19.3. The van der Waals surface area contributed by atoms with Gasteiger partial charge in [0.15, 0.2) is 5.78 Å². The van der Waals surface area contributed by atoms with Crippen LogP contribution >= 0.6 is 0 Å². The molecule has 1 aromatic carbocycles. The maximum absolute atomic E-state index is 13.6. The molecule has 6 aliphatic rings. The van der Waals surface area contributed by atoms with Crippen LogP contribution in [0.15, 0.2) is 41.5 Å². The Kier molecular flexibility index (Phi) is 8.39. The zero-order chi connectivity index (χ0) is 34.4. The fourth-order valence-electron chi connectivity index (χ4n) is 13.2. The van der Waals surface area contributed by atoms with E-state index < -0.39 is 0 Å². The number of carbonyl (C=O) groups excluding carboxylic acids is 3. The number of allylic oxidation sites excluding steroid dienone is 2. The van der Waals surface area contributed by atoms with Gasteiger partial charge in [-0.25, -0.2) is 0 Å². The minimum absolute atomic E-state index is 0.0675. The number of carbonyl (C=O) groups is 3. The Morgan fingerprint density at radius 1 is 0.833 bits per heavy atom. The maximum Gasteiger partial charge on any atom is 0.309 e. The van der Waals surface area contributed by atoms with Crippen molar-refractivity contribution >= 4 is 17.7 Å². The molecule has 11 atom stereocenters. The van der Waals surface area contributed by atoms with Gasteiger partial charge in [-0.2, -0.15) is 0 Å². The molecule has 1 aromatic rings. The lowest BCUT2D eigenvalue weighted by Crippen LogP contribution is -2.63. The molecule has 5 nitrogen and oxygen atoms in total. The molecule has 262 valence electrons. The monoisotopic (exact) mass is 656 g/mol. The van der Waals surface area contributed by atoms with Gasteiger partial charge in [-0.15, -0.1) is 0 Å². The number of ether oxygens (including phenoxy) is 2. The number of fused-ring (bicyclic) bond motifs is 7. The molecule has 0 aromatic heterocycles. The SMILES string of the molecule is CC(C)C1=C2C3CCC4C(C)(CCC5C(C)(C)C(OC(=O)C6CC(C(=O)OCc7ccccc7)C6C)CCC54C)C3CCC2(C)CC1=O. The second kappa shape index (κ2) is 11.8. The highest BCUT2D eigenvalue weighted by atomic mass is 16.5. The number of hydrogen-bond donors (Lipinski definition) is 0. The number of rotatable bonds is 6. The predicted octanol–water partition coefficient (Wildman–Crippen LogP) is 9.52. The van der Waals surface area contributed by atoms with Crippen LogP contribution in [0, 0.1) is 69.0 Å². The van der Waals surface area contributed by atoms with Crippen molar-refractivity contribution < 1.29 is 23.9 Å². The van der Waals surface area contributed by atoms with E-state index in [1.807, 2.05) is 37.3 Å². The van der Waals surface area contributed by atoms with Crippen LogP contribution < -0.4 is 0 Å². The van der Waals surface area contributed by atoms with E-state index in [1.165, 1.54) is 37.7 Å².